The van der Waals surface area contributed by atoms with E-state index < -0.39 is 17.3 Å². The third kappa shape index (κ3) is 3.39. The molecule has 1 aromatic carbocycles. The second-order valence-corrected chi connectivity index (χ2v) is 5.56. The number of halogens is 2. The van der Waals surface area contributed by atoms with Crippen LogP contribution in [-0.4, -0.2) is 18.1 Å². The fourth-order valence-corrected chi connectivity index (χ4v) is 2.38. The number of rotatable bonds is 4. The fourth-order valence-electron chi connectivity index (χ4n) is 1.99. The number of ether oxygens (including phenoxy) is 1. The van der Waals surface area contributed by atoms with Gasteiger partial charge in [0.1, 0.15) is 5.82 Å². The van der Waals surface area contributed by atoms with Crippen molar-refractivity contribution < 1.29 is 13.9 Å². The van der Waals surface area contributed by atoms with Gasteiger partial charge in [-0.15, -0.1) is 0 Å². The van der Waals surface area contributed by atoms with E-state index in [4.69, 9.17) is 4.74 Å². The zero-order valence-corrected chi connectivity index (χ0v) is 13.1. The number of anilines is 1. The number of hydrogen-bond acceptors (Lipinski definition) is 4. The van der Waals surface area contributed by atoms with Gasteiger partial charge in [-0.3, -0.25) is 4.98 Å². The summed E-state index contributed by atoms with van der Waals surface area (Å²) < 4.78 is 19.1. The first-order valence-electron chi connectivity index (χ1n) is 6.19. The Morgan fingerprint density at radius 3 is 2.76 bits per heavy atom. The number of pyridine rings is 1. The molecule has 2 rings (SSSR count). The molecule has 0 saturated carbocycles. The number of methoxy groups -OCH3 is 1. The highest BCUT2D eigenvalue weighted by Gasteiger charge is 2.37. The van der Waals surface area contributed by atoms with Gasteiger partial charge in [-0.25, -0.2) is 9.18 Å². The standard InChI is InChI=1S/C15H14BrFN2O2/c1-15(14(20)21-2,10-6-12(17)9-18-8-10)19-13-5-3-4-11(16)7-13/h3-9,19H,1-2H3. The summed E-state index contributed by atoms with van der Waals surface area (Å²) in [7, 11) is 1.29. The normalized spacial score (nSPS) is 13.3. The van der Waals surface area contributed by atoms with Crippen molar-refractivity contribution in [2.24, 2.45) is 0 Å². The first-order valence-corrected chi connectivity index (χ1v) is 6.98. The first-order chi connectivity index (χ1) is 9.95. The minimum Gasteiger partial charge on any atom is -0.467 e. The quantitative estimate of drug-likeness (QED) is 0.855. The lowest BCUT2D eigenvalue weighted by molar-refractivity contribution is -0.145. The molecule has 110 valence electrons. The highest BCUT2D eigenvalue weighted by Crippen LogP contribution is 2.28. The highest BCUT2D eigenvalue weighted by molar-refractivity contribution is 9.10. The van der Waals surface area contributed by atoms with Crippen molar-refractivity contribution in [3.05, 3.63) is 58.6 Å². The minimum absolute atomic E-state index is 0.384. The molecule has 0 bridgehead atoms. The van der Waals surface area contributed by atoms with E-state index in [0.29, 0.717) is 11.3 Å². The van der Waals surface area contributed by atoms with E-state index in [1.807, 2.05) is 18.2 Å². The van der Waals surface area contributed by atoms with E-state index in [2.05, 4.69) is 26.2 Å². The van der Waals surface area contributed by atoms with Crippen molar-refractivity contribution >= 4 is 27.6 Å². The van der Waals surface area contributed by atoms with E-state index in [0.717, 1.165) is 10.7 Å². The number of nitrogens with zero attached hydrogens (tertiary/aromatic N) is 1. The Hall–Kier alpha value is -1.95. The molecule has 0 saturated heterocycles. The Morgan fingerprint density at radius 2 is 2.14 bits per heavy atom. The van der Waals surface area contributed by atoms with E-state index in [1.54, 1.807) is 13.0 Å². The van der Waals surface area contributed by atoms with Gasteiger partial charge >= 0.3 is 5.97 Å². The molecule has 0 spiro atoms. The van der Waals surface area contributed by atoms with Crippen LogP contribution in [0.5, 0.6) is 0 Å². The molecular formula is C15H14BrFN2O2. The summed E-state index contributed by atoms with van der Waals surface area (Å²) >= 11 is 3.36. The molecule has 2 aromatic rings. The summed E-state index contributed by atoms with van der Waals surface area (Å²) in [5.41, 5.74) is -0.166. The topological polar surface area (TPSA) is 51.2 Å². The molecule has 1 atom stereocenters. The minimum atomic E-state index is -1.25. The molecule has 0 aliphatic carbocycles. The largest absolute Gasteiger partial charge is 0.467 e. The van der Waals surface area contributed by atoms with E-state index in [1.165, 1.54) is 19.4 Å². The fraction of sp³-hybridized carbons (Fsp3) is 0.200. The maximum absolute atomic E-state index is 13.4. The molecule has 0 aliphatic rings. The second-order valence-electron chi connectivity index (χ2n) is 4.64. The van der Waals surface area contributed by atoms with Gasteiger partial charge < -0.3 is 10.1 Å². The zero-order valence-electron chi connectivity index (χ0n) is 11.6. The van der Waals surface area contributed by atoms with Crippen molar-refractivity contribution in [3.8, 4) is 0 Å². The smallest absolute Gasteiger partial charge is 0.335 e. The van der Waals surface area contributed by atoms with Crippen molar-refractivity contribution in [1.29, 1.82) is 0 Å². The van der Waals surface area contributed by atoms with Gasteiger partial charge in [0.2, 0.25) is 0 Å². The van der Waals surface area contributed by atoms with Gasteiger partial charge in [-0.1, -0.05) is 22.0 Å². The van der Waals surface area contributed by atoms with Gasteiger partial charge in [-0.2, -0.15) is 0 Å². The van der Waals surface area contributed by atoms with Gasteiger partial charge in [0.25, 0.3) is 0 Å². The van der Waals surface area contributed by atoms with Crippen LogP contribution in [0.1, 0.15) is 12.5 Å². The molecule has 0 aliphatic heterocycles. The second kappa shape index (κ2) is 6.22. The number of carbonyl (C=O) groups is 1. The number of hydrogen-bond donors (Lipinski definition) is 1. The van der Waals surface area contributed by atoms with Gasteiger partial charge in [-0.05, 0) is 31.2 Å². The van der Waals surface area contributed by atoms with E-state index in [9.17, 15) is 9.18 Å². The van der Waals surface area contributed by atoms with Gasteiger partial charge in [0.15, 0.2) is 5.54 Å². The van der Waals surface area contributed by atoms with Crippen LogP contribution >= 0.6 is 15.9 Å². The molecule has 0 fully saturated rings. The maximum atomic E-state index is 13.4. The Bertz CT molecular complexity index is 666. The summed E-state index contributed by atoms with van der Waals surface area (Å²) in [6, 6.07) is 8.57. The first kappa shape index (κ1) is 15.4. The van der Waals surface area contributed by atoms with Crippen LogP contribution in [0.15, 0.2) is 47.2 Å². The number of nitrogens with one attached hydrogen (secondary N) is 1. The summed E-state index contributed by atoms with van der Waals surface area (Å²) in [6.07, 6.45) is 2.52. The summed E-state index contributed by atoms with van der Waals surface area (Å²) in [6.45, 7) is 1.62. The van der Waals surface area contributed by atoms with Crippen molar-refractivity contribution in [1.82, 2.24) is 4.98 Å². The summed E-state index contributed by atoms with van der Waals surface area (Å²) in [5, 5.41) is 3.08. The monoisotopic (exact) mass is 352 g/mol. The summed E-state index contributed by atoms with van der Waals surface area (Å²) in [4.78, 5) is 16.0. The van der Waals surface area contributed by atoms with Crippen molar-refractivity contribution in [2.75, 3.05) is 12.4 Å². The summed E-state index contributed by atoms with van der Waals surface area (Å²) in [5.74, 6) is -1.05. The Kier molecular flexibility index (Phi) is 4.57. The Morgan fingerprint density at radius 1 is 1.38 bits per heavy atom. The predicted octanol–water partition coefficient (Wildman–Crippen LogP) is 3.48. The third-order valence-electron chi connectivity index (χ3n) is 3.09. The molecular weight excluding hydrogens is 339 g/mol. The van der Waals surface area contributed by atoms with Crippen LogP contribution in [0.4, 0.5) is 10.1 Å². The van der Waals surface area contributed by atoms with E-state index >= 15 is 0 Å². The lowest BCUT2D eigenvalue weighted by Crippen LogP contribution is -2.41. The number of benzene rings is 1. The van der Waals surface area contributed by atoms with Crippen LogP contribution in [-0.2, 0) is 15.1 Å². The lowest BCUT2D eigenvalue weighted by Gasteiger charge is -2.29. The van der Waals surface area contributed by atoms with Crippen LogP contribution < -0.4 is 5.32 Å². The number of aromatic nitrogens is 1. The number of carbonyl (C=O) groups excluding carboxylic acids is 1. The third-order valence-corrected chi connectivity index (χ3v) is 3.59. The molecule has 1 N–H and O–H groups in total. The average Bonchev–Trinajstić information content (AvgIpc) is 2.46. The SMILES string of the molecule is COC(=O)C(C)(Nc1cccc(Br)c1)c1cncc(F)c1. The molecule has 6 heteroatoms. The van der Waals surface area contributed by atoms with Crippen LogP contribution in [0.2, 0.25) is 0 Å². The molecule has 0 radical (unpaired) electrons. The van der Waals surface area contributed by atoms with E-state index in [-0.39, 0.29) is 0 Å². The zero-order chi connectivity index (χ0) is 15.5. The molecule has 4 nitrogen and oxygen atoms in total. The Balaban J connectivity index is 2.45. The van der Waals surface area contributed by atoms with Crippen LogP contribution in [0.25, 0.3) is 0 Å². The van der Waals surface area contributed by atoms with Crippen molar-refractivity contribution in [3.63, 3.8) is 0 Å². The van der Waals surface area contributed by atoms with Crippen molar-refractivity contribution in [2.45, 2.75) is 12.5 Å². The molecule has 1 unspecified atom stereocenters. The molecule has 1 aromatic heterocycles. The molecule has 21 heavy (non-hydrogen) atoms. The predicted molar refractivity (Wildman–Crippen MR) is 81.3 cm³/mol. The van der Waals surface area contributed by atoms with Crippen LogP contribution in [0, 0.1) is 5.82 Å². The highest BCUT2D eigenvalue weighted by atomic mass is 79.9. The Labute approximate surface area is 130 Å². The molecule has 0 amide bonds. The van der Waals surface area contributed by atoms with Gasteiger partial charge in [0.05, 0.1) is 13.3 Å². The maximum Gasteiger partial charge on any atom is 0.335 e. The van der Waals surface area contributed by atoms with Crippen LogP contribution in [0.3, 0.4) is 0 Å². The molecule has 1 heterocycles. The number of esters is 1. The average molecular weight is 353 g/mol. The van der Waals surface area contributed by atoms with Gasteiger partial charge in [0, 0.05) is 21.9 Å². The lowest BCUT2D eigenvalue weighted by atomic mass is 9.93.